The third-order valence-electron chi connectivity index (χ3n) is 3.97. The Hall–Kier alpha value is -2.66. The average Bonchev–Trinajstić information content (AvgIpc) is 2.85. The molecule has 1 atom stereocenters. The van der Waals surface area contributed by atoms with E-state index in [4.69, 9.17) is 10.00 Å². The molecular formula is C25H31N3O2S2. The predicted octanol–water partition coefficient (Wildman–Crippen LogP) is 6.34. The van der Waals surface area contributed by atoms with Crippen LogP contribution in [0.15, 0.2) is 77.9 Å². The molecule has 1 unspecified atom stereocenters. The van der Waals surface area contributed by atoms with E-state index in [1.165, 1.54) is 23.5 Å². The Morgan fingerprint density at radius 2 is 1.97 bits per heavy atom. The third-order valence-corrected chi connectivity index (χ3v) is 6.22. The maximum absolute atomic E-state index is 10.8. The van der Waals surface area contributed by atoms with Gasteiger partial charge in [0.2, 0.25) is 0 Å². The second kappa shape index (κ2) is 16.0. The summed E-state index contributed by atoms with van der Waals surface area (Å²) in [4.78, 5) is 6.04. The lowest BCUT2D eigenvalue weighted by atomic mass is 10.2. The summed E-state index contributed by atoms with van der Waals surface area (Å²) in [5, 5.41) is 23.1. The lowest BCUT2D eigenvalue weighted by molar-refractivity contribution is 0.245. The Labute approximate surface area is 200 Å². The van der Waals surface area contributed by atoms with Gasteiger partial charge >= 0.3 is 0 Å². The van der Waals surface area contributed by atoms with Gasteiger partial charge in [-0.05, 0) is 49.4 Å². The van der Waals surface area contributed by atoms with Crippen molar-refractivity contribution in [3.05, 3.63) is 83.6 Å². The van der Waals surface area contributed by atoms with Gasteiger partial charge in [0, 0.05) is 33.0 Å². The summed E-state index contributed by atoms with van der Waals surface area (Å²) in [6.45, 7) is 9.66. The number of nitrogens with one attached hydrogen (secondary N) is 1. The number of benzene rings is 1. The van der Waals surface area contributed by atoms with E-state index < -0.39 is 6.10 Å². The highest BCUT2D eigenvalue weighted by Crippen LogP contribution is 2.30. The number of anilines is 1. The zero-order valence-corrected chi connectivity index (χ0v) is 20.7. The average molecular weight is 470 g/mol. The topological polar surface area (TPSA) is 78.2 Å². The van der Waals surface area contributed by atoms with Crippen molar-refractivity contribution in [1.29, 1.82) is 5.26 Å². The number of methoxy groups -OCH3 is 1. The van der Waals surface area contributed by atoms with E-state index in [-0.39, 0.29) is 0 Å². The van der Waals surface area contributed by atoms with Gasteiger partial charge < -0.3 is 15.2 Å². The number of thioether (sulfide) groups is 2. The summed E-state index contributed by atoms with van der Waals surface area (Å²) in [5.74, 6) is 1.77. The molecule has 0 fully saturated rings. The number of aliphatic hydroxyl groups excluding tert-OH is 1. The molecule has 1 heterocycles. The number of nitrogens with zero attached hydrogens (tertiary/aromatic N) is 2. The van der Waals surface area contributed by atoms with Crippen molar-refractivity contribution in [1.82, 2.24) is 4.98 Å². The van der Waals surface area contributed by atoms with Crippen LogP contribution in [-0.4, -0.2) is 34.9 Å². The molecular weight excluding hydrogens is 438 g/mol. The van der Waals surface area contributed by atoms with Crippen molar-refractivity contribution < 1.29 is 9.84 Å². The lowest BCUT2D eigenvalue weighted by Crippen LogP contribution is -2.13. The number of hydrogen-bond donors (Lipinski definition) is 2. The van der Waals surface area contributed by atoms with Gasteiger partial charge in [0.05, 0.1) is 30.9 Å². The summed E-state index contributed by atoms with van der Waals surface area (Å²) in [5.41, 5.74) is 2.12. The van der Waals surface area contributed by atoms with Gasteiger partial charge in [-0.2, -0.15) is 5.26 Å². The SMILES string of the molecule is C=C(C#N)/C=C(\SCNc1ccc(OC)cc1)C(O)CS/C(=C\C)c1ccccn1.CC. The fourth-order valence-corrected chi connectivity index (χ4v) is 4.38. The number of rotatable bonds is 11. The largest absolute Gasteiger partial charge is 0.497 e. The van der Waals surface area contributed by atoms with E-state index in [9.17, 15) is 5.11 Å². The Morgan fingerprint density at radius 1 is 1.25 bits per heavy atom. The van der Waals surface area contributed by atoms with E-state index in [2.05, 4.69) is 16.9 Å². The van der Waals surface area contributed by atoms with Gasteiger partial charge in [0.25, 0.3) is 0 Å². The molecule has 2 N–H and O–H groups in total. The molecule has 7 heteroatoms. The Morgan fingerprint density at radius 3 is 2.53 bits per heavy atom. The number of aliphatic hydroxyl groups is 1. The smallest absolute Gasteiger partial charge is 0.119 e. The van der Waals surface area contributed by atoms with Crippen LogP contribution < -0.4 is 10.1 Å². The summed E-state index contributed by atoms with van der Waals surface area (Å²) >= 11 is 2.97. The van der Waals surface area contributed by atoms with Gasteiger partial charge in [-0.3, -0.25) is 4.98 Å². The minimum Gasteiger partial charge on any atom is -0.497 e. The zero-order valence-electron chi connectivity index (χ0n) is 19.0. The molecule has 32 heavy (non-hydrogen) atoms. The molecule has 0 aliphatic heterocycles. The van der Waals surface area contributed by atoms with Crippen LogP contribution in [0.25, 0.3) is 4.91 Å². The van der Waals surface area contributed by atoms with Crippen molar-refractivity contribution >= 4 is 34.1 Å². The second-order valence-electron chi connectivity index (χ2n) is 6.07. The van der Waals surface area contributed by atoms with Crippen LogP contribution in [-0.2, 0) is 0 Å². The van der Waals surface area contributed by atoms with Crippen LogP contribution in [0, 0.1) is 11.3 Å². The van der Waals surface area contributed by atoms with E-state index in [0.717, 1.165) is 22.0 Å². The normalized spacial score (nSPS) is 12.1. The Kier molecular flexibility index (Phi) is 13.7. The quantitative estimate of drug-likeness (QED) is 0.226. The van der Waals surface area contributed by atoms with Gasteiger partial charge in [0.1, 0.15) is 5.75 Å². The number of hydrogen-bond acceptors (Lipinski definition) is 7. The molecule has 2 rings (SSSR count). The summed E-state index contributed by atoms with van der Waals surface area (Å²) in [6, 6.07) is 15.4. The minimum atomic E-state index is -0.735. The first-order chi connectivity index (χ1) is 15.6. The summed E-state index contributed by atoms with van der Waals surface area (Å²) < 4.78 is 5.16. The molecule has 170 valence electrons. The molecule has 0 bridgehead atoms. The van der Waals surface area contributed by atoms with Crippen LogP contribution >= 0.6 is 23.5 Å². The monoisotopic (exact) mass is 469 g/mol. The van der Waals surface area contributed by atoms with Gasteiger partial charge in [-0.25, -0.2) is 0 Å². The first kappa shape index (κ1) is 27.4. The molecule has 0 saturated heterocycles. The van der Waals surface area contributed by atoms with Gasteiger partial charge in [-0.15, -0.1) is 23.5 Å². The summed E-state index contributed by atoms with van der Waals surface area (Å²) in [7, 11) is 1.63. The Bertz CT molecular complexity index is 920. The lowest BCUT2D eigenvalue weighted by Gasteiger charge is -2.16. The van der Waals surface area contributed by atoms with Crippen LogP contribution in [0.4, 0.5) is 5.69 Å². The number of pyridine rings is 1. The fourth-order valence-electron chi connectivity index (χ4n) is 2.41. The highest BCUT2D eigenvalue weighted by molar-refractivity contribution is 8.08. The standard InChI is InChI=1S/C23H25N3O2S2.C2H6/c1-4-22(20-7-5-6-12-25-20)29-15-21(27)23(13-17(2)14-24)30-16-26-18-8-10-19(28-3)11-9-18;1-2/h4-13,21,26-27H,2,15-16H2,1,3H3;1-2H3/b22-4-,23-13-;. The molecule has 1 aromatic heterocycles. The van der Waals surface area contributed by atoms with Crippen molar-refractivity contribution in [2.45, 2.75) is 26.9 Å². The van der Waals surface area contributed by atoms with Crippen molar-refractivity contribution in [2.75, 3.05) is 24.1 Å². The molecule has 2 aromatic rings. The predicted molar refractivity (Wildman–Crippen MR) is 140 cm³/mol. The van der Waals surface area contributed by atoms with Gasteiger partial charge in [0.15, 0.2) is 0 Å². The second-order valence-corrected chi connectivity index (χ2v) is 8.18. The molecule has 0 amide bonds. The molecule has 0 spiro atoms. The molecule has 0 radical (unpaired) electrons. The first-order valence-corrected chi connectivity index (χ1v) is 12.2. The molecule has 0 aliphatic rings. The number of allylic oxidation sites excluding steroid dienone is 3. The zero-order chi connectivity index (χ0) is 23.8. The maximum Gasteiger partial charge on any atom is 0.119 e. The van der Waals surface area contributed by atoms with Crippen molar-refractivity contribution in [2.24, 2.45) is 0 Å². The first-order valence-electron chi connectivity index (χ1n) is 10.3. The maximum atomic E-state index is 10.8. The van der Waals surface area contributed by atoms with E-state index in [1.807, 2.05) is 75.4 Å². The molecule has 0 saturated carbocycles. The van der Waals surface area contributed by atoms with Crippen LogP contribution in [0.2, 0.25) is 0 Å². The Balaban J connectivity index is 0.00000249. The molecule has 5 nitrogen and oxygen atoms in total. The highest BCUT2D eigenvalue weighted by atomic mass is 32.2. The van der Waals surface area contributed by atoms with Crippen molar-refractivity contribution in [3.63, 3.8) is 0 Å². The van der Waals surface area contributed by atoms with E-state index >= 15 is 0 Å². The van der Waals surface area contributed by atoms with Crippen molar-refractivity contribution in [3.8, 4) is 11.8 Å². The van der Waals surface area contributed by atoms with E-state index in [0.29, 0.717) is 22.1 Å². The molecule has 0 aliphatic carbocycles. The number of aromatic nitrogens is 1. The highest BCUT2D eigenvalue weighted by Gasteiger charge is 2.14. The number of nitriles is 1. The van der Waals surface area contributed by atoms with Gasteiger partial charge in [-0.1, -0.05) is 32.6 Å². The summed E-state index contributed by atoms with van der Waals surface area (Å²) in [6.07, 6.45) is 4.64. The van der Waals surface area contributed by atoms with Crippen LogP contribution in [0.1, 0.15) is 26.5 Å². The fraction of sp³-hybridized carbons (Fsp3) is 0.280. The van der Waals surface area contributed by atoms with Crippen LogP contribution in [0.5, 0.6) is 5.75 Å². The third kappa shape index (κ3) is 9.65. The van der Waals surface area contributed by atoms with E-state index in [1.54, 1.807) is 19.4 Å². The molecule has 1 aromatic carbocycles. The number of ether oxygens (including phenoxy) is 1. The van der Waals surface area contributed by atoms with Crippen LogP contribution in [0.3, 0.4) is 0 Å². The minimum absolute atomic E-state index is 0.307.